The summed E-state index contributed by atoms with van der Waals surface area (Å²) in [6, 6.07) is 4.45. The van der Waals surface area contributed by atoms with E-state index in [0.29, 0.717) is 11.8 Å². The molecule has 1 unspecified atom stereocenters. The van der Waals surface area contributed by atoms with Crippen molar-refractivity contribution in [1.82, 2.24) is 14.3 Å². The normalized spacial score (nSPS) is 24.1. The lowest BCUT2D eigenvalue weighted by Gasteiger charge is -2.27. The third-order valence-electron chi connectivity index (χ3n) is 6.66. The minimum atomic E-state index is 0.366. The van der Waals surface area contributed by atoms with E-state index in [1.807, 2.05) is 6.08 Å². The predicted molar refractivity (Wildman–Crippen MR) is 120 cm³/mol. The molecule has 0 spiro atoms. The Labute approximate surface area is 183 Å². The highest BCUT2D eigenvalue weighted by Crippen LogP contribution is 2.36. The zero-order valence-electron chi connectivity index (χ0n) is 17.6. The largest absolute Gasteiger partial charge is 0.381 e. The van der Waals surface area contributed by atoms with Crippen molar-refractivity contribution >= 4 is 22.8 Å². The lowest BCUT2D eigenvalue weighted by molar-refractivity contribution is 0.0335. The van der Waals surface area contributed by atoms with Crippen LogP contribution in [-0.2, 0) is 16.0 Å². The van der Waals surface area contributed by atoms with E-state index in [0.717, 1.165) is 81.7 Å². The van der Waals surface area contributed by atoms with Gasteiger partial charge in [0.25, 0.3) is 0 Å². The van der Waals surface area contributed by atoms with E-state index >= 15 is 0 Å². The zero-order valence-corrected chi connectivity index (χ0v) is 18.4. The molecule has 3 aliphatic rings. The molecule has 5 rings (SSSR count). The molecule has 0 radical (unpaired) electrons. The van der Waals surface area contributed by atoms with Crippen LogP contribution < -0.4 is 0 Å². The maximum absolute atomic E-state index is 6.30. The molecule has 1 aliphatic carbocycles. The van der Waals surface area contributed by atoms with Crippen LogP contribution in [0.5, 0.6) is 0 Å². The van der Waals surface area contributed by atoms with E-state index in [1.54, 1.807) is 0 Å². The SMILES string of the molecule is CC1CC(Cl)=CC=C1c1nc2ccc(C3CCOCC3)cn2c1CN1CCOCC1. The summed E-state index contributed by atoms with van der Waals surface area (Å²) in [5.74, 6) is 0.936. The molecule has 0 bridgehead atoms. The summed E-state index contributed by atoms with van der Waals surface area (Å²) in [7, 11) is 0. The summed E-state index contributed by atoms with van der Waals surface area (Å²) in [6.07, 6.45) is 9.60. The summed E-state index contributed by atoms with van der Waals surface area (Å²) >= 11 is 6.30. The number of morpholine rings is 1. The number of halogens is 1. The molecule has 0 aromatic carbocycles. The molecule has 2 saturated heterocycles. The number of allylic oxidation sites excluding steroid dienone is 4. The van der Waals surface area contributed by atoms with Crippen molar-refractivity contribution in [3.8, 4) is 0 Å². The Morgan fingerprint density at radius 1 is 1.07 bits per heavy atom. The van der Waals surface area contributed by atoms with Gasteiger partial charge in [0.15, 0.2) is 0 Å². The number of nitrogens with zero attached hydrogens (tertiary/aromatic N) is 3. The molecular formula is C24H30ClN3O2. The van der Waals surface area contributed by atoms with Gasteiger partial charge in [-0.25, -0.2) is 4.98 Å². The van der Waals surface area contributed by atoms with E-state index in [1.165, 1.54) is 16.8 Å². The highest BCUT2D eigenvalue weighted by molar-refractivity contribution is 6.30. The summed E-state index contributed by atoms with van der Waals surface area (Å²) in [5.41, 5.74) is 6.12. The van der Waals surface area contributed by atoms with Crippen LogP contribution in [0.3, 0.4) is 0 Å². The molecule has 2 aliphatic heterocycles. The second-order valence-corrected chi connectivity index (χ2v) is 9.20. The molecule has 160 valence electrons. The quantitative estimate of drug-likeness (QED) is 0.714. The first-order chi connectivity index (χ1) is 14.7. The molecule has 30 heavy (non-hydrogen) atoms. The summed E-state index contributed by atoms with van der Waals surface area (Å²) in [5, 5.41) is 0.923. The van der Waals surface area contributed by atoms with Crippen LogP contribution in [-0.4, -0.2) is 53.8 Å². The van der Waals surface area contributed by atoms with Crippen LogP contribution in [0.25, 0.3) is 11.2 Å². The van der Waals surface area contributed by atoms with Crippen molar-refractivity contribution < 1.29 is 9.47 Å². The first-order valence-corrected chi connectivity index (χ1v) is 11.5. The summed E-state index contributed by atoms with van der Waals surface area (Å²) in [4.78, 5) is 7.58. The monoisotopic (exact) mass is 427 g/mol. The Morgan fingerprint density at radius 2 is 1.83 bits per heavy atom. The Kier molecular flexibility index (Phi) is 5.96. The third kappa shape index (κ3) is 4.09. The van der Waals surface area contributed by atoms with Crippen molar-refractivity contribution in [3.63, 3.8) is 0 Å². The van der Waals surface area contributed by atoms with Gasteiger partial charge in [-0.1, -0.05) is 30.7 Å². The third-order valence-corrected chi connectivity index (χ3v) is 6.94. The number of fused-ring (bicyclic) bond motifs is 1. The van der Waals surface area contributed by atoms with Gasteiger partial charge >= 0.3 is 0 Å². The van der Waals surface area contributed by atoms with Gasteiger partial charge in [-0.2, -0.15) is 0 Å². The fraction of sp³-hybridized carbons (Fsp3) is 0.542. The van der Waals surface area contributed by atoms with Crippen molar-refractivity contribution in [2.24, 2.45) is 5.92 Å². The number of ether oxygens (including phenoxy) is 2. The molecule has 5 nitrogen and oxygen atoms in total. The van der Waals surface area contributed by atoms with Crippen LogP contribution in [0.2, 0.25) is 0 Å². The number of rotatable bonds is 4. The summed E-state index contributed by atoms with van der Waals surface area (Å²) in [6.45, 7) is 8.38. The molecule has 0 N–H and O–H groups in total. The van der Waals surface area contributed by atoms with Crippen LogP contribution in [0.15, 0.2) is 35.5 Å². The number of hydrogen-bond acceptors (Lipinski definition) is 4. The molecule has 1 atom stereocenters. The minimum absolute atomic E-state index is 0.366. The molecule has 2 fully saturated rings. The van der Waals surface area contributed by atoms with Gasteiger partial charge < -0.3 is 13.9 Å². The average molecular weight is 428 g/mol. The van der Waals surface area contributed by atoms with Gasteiger partial charge in [0.1, 0.15) is 5.65 Å². The average Bonchev–Trinajstić information content (AvgIpc) is 3.12. The number of imidazole rings is 1. The number of pyridine rings is 1. The van der Waals surface area contributed by atoms with Gasteiger partial charge in [0.05, 0.1) is 24.6 Å². The Morgan fingerprint density at radius 3 is 2.60 bits per heavy atom. The molecule has 2 aromatic heterocycles. The van der Waals surface area contributed by atoms with Gasteiger partial charge in [-0.3, -0.25) is 4.90 Å². The topological polar surface area (TPSA) is 39.0 Å². The minimum Gasteiger partial charge on any atom is -0.381 e. The van der Waals surface area contributed by atoms with Gasteiger partial charge in [-0.15, -0.1) is 0 Å². The van der Waals surface area contributed by atoms with Crippen LogP contribution in [0, 0.1) is 5.92 Å². The lowest BCUT2D eigenvalue weighted by Crippen LogP contribution is -2.36. The molecule has 0 saturated carbocycles. The van der Waals surface area contributed by atoms with Crippen molar-refractivity contribution in [2.45, 2.75) is 38.6 Å². The van der Waals surface area contributed by atoms with Gasteiger partial charge in [0, 0.05) is 44.1 Å². The van der Waals surface area contributed by atoms with E-state index in [4.69, 9.17) is 26.1 Å². The van der Waals surface area contributed by atoms with E-state index in [9.17, 15) is 0 Å². The Balaban J connectivity index is 1.58. The van der Waals surface area contributed by atoms with Crippen LogP contribution in [0.1, 0.15) is 49.1 Å². The number of hydrogen-bond donors (Lipinski definition) is 0. The van der Waals surface area contributed by atoms with E-state index in [-0.39, 0.29) is 0 Å². The second kappa shape index (κ2) is 8.83. The van der Waals surface area contributed by atoms with Crippen LogP contribution in [0.4, 0.5) is 0 Å². The molecule has 6 heteroatoms. The molecular weight excluding hydrogens is 398 g/mol. The molecule has 2 aromatic rings. The van der Waals surface area contributed by atoms with Crippen molar-refractivity contribution in [1.29, 1.82) is 0 Å². The zero-order chi connectivity index (χ0) is 20.5. The van der Waals surface area contributed by atoms with Gasteiger partial charge in [-0.05, 0) is 54.4 Å². The van der Waals surface area contributed by atoms with Crippen molar-refractivity contribution in [3.05, 3.63) is 52.5 Å². The fourth-order valence-electron chi connectivity index (χ4n) is 4.86. The van der Waals surface area contributed by atoms with Crippen LogP contribution >= 0.6 is 11.6 Å². The maximum atomic E-state index is 6.30. The fourth-order valence-corrected chi connectivity index (χ4v) is 5.16. The Bertz CT molecular complexity index is 968. The number of aromatic nitrogens is 2. The highest BCUT2D eigenvalue weighted by atomic mass is 35.5. The van der Waals surface area contributed by atoms with Gasteiger partial charge in [0.2, 0.25) is 0 Å². The summed E-state index contributed by atoms with van der Waals surface area (Å²) < 4.78 is 13.5. The second-order valence-electron chi connectivity index (χ2n) is 8.71. The first kappa shape index (κ1) is 20.3. The molecule has 0 amide bonds. The maximum Gasteiger partial charge on any atom is 0.137 e. The molecule has 4 heterocycles. The highest BCUT2D eigenvalue weighted by Gasteiger charge is 2.25. The van der Waals surface area contributed by atoms with E-state index in [2.05, 4.69) is 40.6 Å². The lowest BCUT2D eigenvalue weighted by atomic mass is 9.90. The van der Waals surface area contributed by atoms with E-state index < -0.39 is 0 Å². The Hall–Kier alpha value is -1.66. The first-order valence-electron chi connectivity index (χ1n) is 11.1. The smallest absolute Gasteiger partial charge is 0.137 e. The predicted octanol–water partition coefficient (Wildman–Crippen LogP) is 4.61. The standard InChI is InChI=1S/C24H30ClN3O2/c1-17-14-20(25)3-4-21(17)24-22(16-27-8-12-30-13-9-27)28-15-19(2-5-23(28)26-24)18-6-10-29-11-7-18/h2-5,15,17-18H,6-14,16H2,1H3. The van der Waals surface area contributed by atoms with Crippen molar-refractivity contribution in [2.75, 3.05) is 39.5 Å².